The van der Waals surface area contributed by atoms with E-state index in [0.29, 0.717) is 15.2 Å². The summed E-state index contributed by atoms with van der Waals surface area (Å²) in [6, 6.07) is 1.19. The van der Waals surface area contributed by atoms with E-state index >= 15 is 0 Å². The van der Waals surface area contributed by atoms with Gasteiger partial charge in [0.2, 0.25) is 9.76 Å². The van der Waals surface area contributed by atoms with Gasteiger partial charge in [-0.05, 0) is 19.4 Å². The molecular formula is C8H16O2Si. The second kappa shape index (κ2) is 4.23. The van der Waals surface area contributed by atoms with E-state index in [1.54, 1.807) is 0 Å². The van der Waals surface area contributed by atoms with Crippen LogP contribution in [0.15, 0.2) is 0 Å². The molecular weight excluding hydrogens is 156 g/mol. The normalized spacial score (nSPS) is 21.3. The smallest absolute Gasteiger partial charge is 0.230 e. The highest BCUT2D eigenvalue weighted by atomic mass is 28.2. The molecule has 1 fully saturated rings. The fraction of sp³-hybridized carbons (Fsp3) is 1.00. The van der Waals surface area contributed by atoms with Gasteiger partial charge in [-0.25, -0.2) is 0 Å². The molecule has 0 unspecified atom stereocenters. The lowest BCUT2D eigenvalue weighted by atomic mass is 9.85. The SMILES string of the molecule is CCO[Si]CC1(CC)COC1. The van der Waals surface area contributed by atoms with Crippen LogP contribution in [-0.4, -0.2) is 29.6 Å². The standard InChI is InChI=1S/C8H16O2Si/c1-3-8(5-9-6-8)7-11-10-4-2/h3-7H2,1-2H3. The molecule has 0 N–H and O–H groups in total. The summed E-state index contributed by atoms with van der Waals surface area (Å²) in [5.41, 5.74) is 0.480. The van der Waals surface area contributed by atoms with E-state index in [4.69, 9.17) is 9.16 Å². The topological polar surface area (TPSA) is 18.5 Å². The van der Waals surface area contributed by atoms with Gasteiger partial charge >= 0.3 is 0 Å². The minimum absolute atomic E-state index is 0.480. The Morgan fingerprint density at radius 2 is 2.18 bits per heavy atom. The molecule has 0 aromatic carbocycles. The van der Waals surface area contributed by atoms with Crippen LogP contribution in [0.3, 0.4) is 0 Å². The Labute approximate surface area is 71.2 Å². The van der Waals surface area contributed by atoms with Gasteiger partial charge in [-0.1, -0.05) is 6.92 Å². The predicted octanol–water partition coefficient (Wildman–Crippen LogP) is 1.49. The molecule has 0 saturated carbocycles. The van der Waals surface area contributed by atoms with Crippen LogP contribution in [0, 0.1) is 5.41 Å². The van der Waals surface area contributed by atoms with Crippen LogP contribution in [-0.2, 0) is 9.16 Å². The van der Waals surface area contributed by atoms with Crippen molar-refractivity contribution in [3.05, 3.63) is 0 Å². The lowest BCUT2D eigenvalue weighted by Crippen LogP contribution is -2.42. The van der Waals surface area contributed by atoms with Crippen LogP contribution in [0.4, 0.5) is 0 Å². The summed E-state index contributed by atoms with van der Waals surface area (Å²) in [6.07, 6.45) is 1.23. The summed E-state index contributed by atoms with van der Waals surface area (Å²) >= 11 is 0. The number of hydrogen-bond acceptors (Lipinski definition) is 2. The first-order chi connectivity index (χ1) is 5.33. The van der Waals surface area contributed by atoms with Crippen LogP contribution in [0.2, 0.25) is 6.04 Å². The molecule has 1 aliphatic heterocycles. The summed E-state index contributed by atoms with van der Waals surface area (Å²) in [7, 11) is 0.669. The third kappa shape index (κ3) is 2.29. The van der Waals surface area contributed by atoms with Gasteiger partial charge < -0.3 is 9.16 Å². The van der Waals surface area contributed by atoms with E-state index in [9.17, 15) is 0 Å². The molecule has 0 aromatic rings. The highest BCUT2D eigenvalue weighted by molar-refractivity contribution is 6.27. The van der Waals surface area contributed by atoms with Gasteiger partial charge in [-0.15, -0.1) is 0 Å². The molecule has 0 amide bonds. The molecule has 2 radical (unpaired) electrons. The molecule has 0 aromatic heterocycles. The average Bonchev–Trinajstić information content (AvgIpc) is 1.95. The van der Waals surface area contributed by atoms with E-state index in [-0.39, 0.29) is 0 Å². The van der Waals surface area contributed by atoms with Crippen molar-refractivity contribution in [3.8, 4) is 0 Å². The molecule has 64 valence electrons. The van der Waals surface area contributed by atoms with Crippen molar-refractivity contribution < 1.29 is 9.16 Å². The molecule has 0 aliphatic carbocycles. The monoisotopic (exact) mass is 172 g/mol. The van der Waals surface area contributed by atoms with Crippen molar-refractivity contribution in [2.45, 2.75) is 26.3 Å². The van der Waals surface area contributed by atoms with Crippen molar-refractivity contribution in [1.29, 1.82) is 0 Å². The Morgan fingerprint density at radius 1 is 1.45 bits per heavy atom. The van der Waals surface area contributed by atoms with E-state index in [0.717, 1.165) is 19.8 Å². The highest BCUT2D eigenvalue weighted by Crippen LogP contribution is 2.34. The number of hydrogen-bond donors (Lipinski definition) is 0. The van der Waals surface area contributed by atoms with Gasteiger partial charge in [0.15, 0.2) is 0 Å². The molecule has 1 aliphatic rings. The third-order valence-corrected chi connectivity index (χ3v) is 3.65. The average molecular weight is 172 g/mol. The Kier molecular flexibility index (Phi) is 3.55. The Hall–Kier alpha value is 0.137. The zero-order chi connectivity index (χ0) is 8.16. The second-order valence-electron chi connectivity index (χ2n) is 3.10. The molecule has 1 rings (SSSR count). The first-order valence-corrected chi connectivity index (χ1v) is 5.37. The van der Waals surface area contributed by atoms with Gasteiger partial charge in [-0.3, -0.25) is 0 Å². The number of rotatable bonds is 5. The lowest BCUT2D eigenvalue weighted by molar-refractivity contribution is -0.103. The Balaban J connectivity index is 2.11. The van der Waals surface area contributed by atoms with E-state index in [1.165, 1.54) is 12.5 Å². The molecule has 0 bridgehead atoms. The van der Waals surface area contributed by atoms with Crippen LogP contribution < -0.4 is 0 Å². The quantitative estimate of drug-likeness (QED) is 0.462. The number of ether oxygens (including phenoxy) is 1. The lowest BCUT2D eigenvalue weighted by Gasteiger charge is -2.40. The van der Waals surface area contributed by atoms with Crippen LogP contribution in [0.1, 0.15) is 20.3 Å². The maximum absolute atomic E-state index is 5.34. The van der Waals surface area contributed by atoms with Gasteiger partial charge in [0.1, 0.15) is 0 Å². The van der Waals surface area contributed by atoms with Crippen molar-refractivity contribution in [2.24, 2.45) is 5.41 Å². The van der Waals surface area contributed by atoms with Gasteiger partial charge in [0, 0.05) is 12.0 Å². The summed E-state index contributed by atoms with van der Waals surface area (Å²) in [6.45, 7) is 7.02. The molecule has 2 nitrogen and oxygen atoms in total. The summed E-state index contributed by atoms with van der Waals surface area (Å²) in [4.78, 5) is 0. The van der Waals surface area contributed by atoms with Gasteiger partial charge in [0.25, 0.3) is 0 Å². The first kappa shape index (κ1) is 9.23. The molecule has 0 atom stereocenters. The summed E-state index contributed by atoms with van der Waals surface area (Å²) in [5, 5.41) is 0. The van der Waals surface area contributed by atoms with Gasteiger partial charge in [0.05, 0.1) is 13.2 Å². The zero-order valence-electron chi connectivity index (χ0n) is 7.35. The van der Waals surface area contributed by atoms with E-state index < -0.39 is 0 Å². The Bertz CT molecular complexity index is 107. The fourth-order valence-corrected chi connectivity index (χ4v) is 2.19. The Morgan fingerprint density at radius 3 is 2.55 bits per heavy atom. The van der Waals surface area contributed by atoms with Crippen molar-refractivity contribution in [1.82, 2.24) is 0 Å². The van der Waals surface area contributed by atoms with Crippen LogP contribution in [0.25, 0.3) is 0 Å². The first-order valence-electron chi connectivity index (χ1n) is 4.25. The predicted molar refractivity (Wildman–Crippen MR) is 45.7 cm³/mol. The summed E-state index contributed by atoms with van der Waals surface area (Å²) < 4.78 is 10.5. The van der Waals surface area contributed by atoms with E-state index in [1.807, 2.05) is 6.92 Å². The fourth-order valence-electron chi connectivity index (χ4n) is 1.13. The molecule has 3 heteroatoms. The molecule has 1 heterocycles. The highest BCUT2D eigenvalue weighted by Gasteiger charge is 2.36. The van der Waals surface area contributed by atoms with Crippen LogP contribution >= 0.6 is 0 Å². The zero-order valence-corrected chi connectivity index (χ0v) is 8.35. The second-order valence-corrected chi connectivity index (χ2v) is 4.03. The van der Waals surface area contributed by atoms with Crippen molar-refractivity contribution >= 4 is 9.76 Å². The summed E-state index contributed by atoms with van der Waals surface area (Å²) in [5.74, 6) is 0. The van der Waals surface area contributed by atoms with Gasteiger partial charge in [-0.2, -0.15) is 0 Å². The minimum Gasteiger partial charge on any atom is -0.418 e. The molecule has 11 heavy (non-hydrogen) atoms. The molecule has 0 spiro atoms. The molecule has 1 saturated heterocycles. The van der Waals surface area contributed by atoms with Crippen LogP contribution in [0.5, 0.6) is 0 Å². The van der Waals surface area contributed by atoms with Crippen molar-refractivity contribution in [3.63, 3.8) is 0 Å². The van der Waals surface area contributed by atoms with Crippen molar-refractivity contribution in [2.75, 3.05) is 19.8 Å². The minimum atomic E-state index is 0.480. The van der Waals surface area contributed by atoms with E-state index in [2.05, 4.69) is 6.92 Å². The maximum atomic E-state index is 5.34. The largest absolute Gasteiger partial charge is 0.418 e. The maximum Gasteiger partial charge on any atom is 0.230 e. The third-order valence-electron chi connectivity index (χ3n) is 2.26.